The van der Waals surface area contributed by atoms with Crippen molar-refractivity contribution in [2.45, 2.75) is 31.6 Å². The molecule has 0 aromatic heterocycles. The Hall–Kier alpha value is -2.25. The van der Waals surface area contributed by atoms with Crippen LogP contribution in [0.5, 0.6) is 0 Å². The molecule has 0 heterocycles. The summed E-state index contributed by atoms with van der Waals surface area (Å²) >= 11 is 0. The van der Waals surface area contributed by atoms with Crippen LogP contribution in [0, 0.1) is 12.7 Å². The third kappa shape index (κ3) is 6.45. The van der Waals surface area contributed by atoms with Crippen molar-refractivity contribution in [2.75, 3.05) is 19.6 Å². The molecule has 0 bridgehead atoms. The lowest BCUT2D eigenvalue weighted by molar-refractivity contribution is -0.128. The summed E-state index contributed by atoms with van der Waals surface area (Å²) in [4.78, 5) is 13.4. The smallest absolute Gasteiger partial charge is 0.240 e. The molecular formula is C20H25FN2O3S. The van der Waals surface area contributed by atoms with Gasteiger partial charge in [-0.2, -0.15) is 0 Å². The summed E-state index contributed by atoms with van der Waals surface area (Å²) in [6.45, 7) is 3.92. The molecule has 0 saturated carbocycles. The van der Waals surface area contributed by atoms with Crippen LogP contribution < -0.4 is 4.72 Å². The largest absolute Gasteiger partial charge is 0.342 e. The lowest BCUT2D eigenvalue weighted by atomic mass is 10.1. The second-order valence-corrected chi connectivity index (χ2v) is 8.17. The summed E-state index contributed by atoms with van der Waals surface area (Å²) in [5.41, 5.74) is 1.47. The summed E-state index contributed by atoms with van der Waals surface area (Å²) in [6.07, 6.45) is 1.65. The first kappa shape index (κ1) is 21.1. The van der Waals surface area contributed by atoms with Gasteiger partial charge >= 0.3 is 0 Å². The van der Waals surface area contributed by atoms with Gasteiger partial charge in [-0.05, 0) is 49.1 Å². The molecule has 146 valence electrons. The van der Waals surface area contributed by atoms with Gasteiger partial charge in [0.25, 0.3) is 0 Å². The van der Waals surface area contributed by atoms with Gasteiger partial charge < -0.3 is 4.90 Å². The number of rotatable bonds is 9. The van der Waals surface area contributed by atoms with Crippen LogP contribution in [0.2, 0.25) is 0 Å². The number of carbonyl (C=O) groups is 1. The van der Waals surface area contributed by atoms with Crippen LogP contribution in [0.25, 0.3) is 0 Å². The normalized spacial score (nSPS) is 11.4. The minimum atomic E-state index is -3.74. The fourth-order valence-electron chi connectivity index (χ4n) is 2.73. The predicted octanol–water partition coefficient (Wildman–Crippen LogP) is 2.89. The number of sulfonamides is 1. The zero-order valence-corrected chi connectivity index (χ0v) is 16.4. The summed E-state index contributed by atoms with van der Waals surface area (Å²) in [7, 11) is -3.74. The van der Waals surface area contributed by atoms with Gasteiger partial charge in [0.05, 0.1) is 4.90 Å². The Morgan fingerprint density at radius 1 is 1.11 bits per heavy atom. The van der Waals surface area contributed by atoms with E-state index in [1.165, 1.54) is 31.5 Å². The molecule has 27 heavy (non-hydrogen) atoms. The lowest BCUT2D eigenvalue weighted by Crippen LogP contribution is -2.38. The lowest BCUT2D eigenvalue weighted by Gasteiger charge is -2.21. The van der Waals surface area contributed by atoms with Crippen molar-refractivity contribution >= 4 is 15.9 Å². The van der Waals surface area contributed by atoms with Gasteiger partial charge in [-0.3, -0.25) is 4.79 Å². The third-order valence-corrected chi connectivity index (χ3v) is 5.75. The number of benzene rings is 2. The van der Waals surface area contributed by atoms with Gasteiger partial charge in [-0.25, -0.2) is 17.5 Å². The quantitative estimate of drug-likeness (QED) is 0.714. The zero-order chi connectivity index (χ0) is 19.9. The Bertz CT molecular complexity index is 870. The summed E-state index contributed by atoms with van der Waals surface area (Å²) in [5, 5.41) is 0. The number of hydrogen-bond acceptors (Lipinski definition) is 3. The number of halogens is 1. The van der Waals surface area contributed by atoms with Crippen LogP contribution >= 0.6 is 0 Å². The number of amides is 1. The Kier molecular flexibility index (Phi) is 7.50. The molecule has 7 heteroatoms. The minimum Gasteiger partial charge on any atom is -0.342 e. The fourth-order valence-corrected chi connectivity index (χ4v) is 3.83. The van der Waals surface area contributed by atoms with Crippen LogP contribution in [0.3, 0.4) is 0 Å². The molecule has 0 radical (unpaired) electrons. The van der Waals surface area contributed by atoms with Crippen LogP contribution in [-0.2, 0) is 21.2 Å². The first-order valence-electron chi connectivity index (χ1n) is 8.85. The highest BCUT2D eigenvalue weighted by atomic mass is 32.2. The van der Waals surface area contributed by atoms with E-state index < -0.39 is 15.8 Å². The van der Waals surface area contributed by atoms with Crippen molar-refractivity contribution in [3.8, 4) is 0 Å². The molecule has 0 atom stereocenters. The Balaban J connectivity index is 1.86. The second kappa shape index (κ2) is 9.62. The maximum atomic E-state index is 13.3. The molecular weight excluding hydrogens is 367 g/mol. The van der Waals surface area contributed by atoms with E-state index in [9.17, 15) is 17.6 Å². The highest BCUT2D eigenvalue weighted by Crippen LogP contribution is 2.14. The number of nitrogens with one attached hydrogen (secondary N) is 1. The number of carbonyl (C=O) groups excluding carboxylic acids is 1. The monoisotopic (exact) mass is 392 g/mol. The van der Waals surface area contributed by atoms with Crippen LogP contribution in [-0.4, -0.2) is 38.9 Å². The molecule has 1 amide bonds. The van der Waals surface area contributed by atoms with Gasteiger partial charge in [-0.15, -0.1) is 0 Å². The van der Waals surface area contributed by atoms with Crippen molar-refractivity contribution in [1.82, 2.24) is 9.62 Å². The molecule has 0 spiro atoms. The Labute approximate surface area is 160 Å². The molecule has 2 aromatic carbocycles. The molecule has 0 aliphatic rings. The molecule has 0 saturated heterocycles. The van der Waals surface area contributed by atoms with Crippen molar-refractivity contribution in [3.05, 3.63) is 65.5 Å². The zero-order valence-electron chi connectivity index (χ0n) is 15.6. The molecule has 5 nitrogen and oxygen atoms in total. The minimum absolute atomic E-state index is 0.0138. The maximum absolute atomic E-state index is 13.3. The van der Waals surface area contributed by atoms with Crippen LogP contribution in [0.1, 0.15) is 24.5 Å². The first-order valence-corrected chi connectivity index (χ1v) is 10.3. The summed E-state index contributed by atoms with van der Waals surface area (Å²) in [6, 6.07) is 13.6. The highest BCUT2D eigenvalue weighted by Gasteiger charge is 2.16. The molecule has 1 N–H and O–H groups in total. The van der Waals surface area contributed by atoms with Gasteiger partial charge in [-0.1, -0.05) is 30.3 Å². The Morgan fingerprint density at radius 2 is 1.81 bits per heavy atom. The molecule has 0 unspecified atom stereocenters. The molecule has 0 aliphatic heterocycles. The Morgan fingerprint density at radius 3 is 2.44 bits per heavy atom. The highest BCUT2D eigenvalue weighted by molar-refractivity contribution is 7.89. The van der Waals surface area contributed by atoms with Crippen molar-refractivity contribution in [1.29, 1.82) is 0 Å². The fraction of sp³-hybridized carbons (Fsp3) is 0.350. The number of nitrogens with zero attached hydrogens (tertiary/aromatic N) is 1. The van der Waals surface area contributed by atoms with Crippen LogP contribution in [0.15, 0.2) is 53.4 Å². The van der Waals surface area contributed by atoms with Crippen molar-refractivity contribution in [3.63, 3.8) is 0 Å². The molecule has 0 fully saturated rings. The van der Waals surface area contributed by atoms with Gasteiger partial charge in [0, 0.05) is 26.6 Å². The van der Waals surface area contributed by atoms with Gasteiger partial charge in [0.1, 0.15) is 5.82 Å². The van der Waals surface area contributed by atoms with Crippen LogP contribution in [0.4, 0.5) is 4.39 Å². The first-order chi connectivity index (χ1) is 12.8. The van der Waals surface area contributed by atoms with E-state index in [-0.39, 0.29) is 29.5 Å². The number of aryl methyl sites for hydroxylation is 2. The van der Waals surface area contributed by atoms with Gasteiger partial charge in [0.2, 0.25) is 15.9 Å². The van der Waals surface area contributed by atoms with E-state index in [0.717, 1.165) is 18.9 Å². The molecule has 2 rings (SSSR count). The van der Waals surface area contributed by atoms with E-state index in [1.807, 2.05) is 30.3 Å². The second-order valence-electron chi connectivity index (χ2n) is 6.40. The molecule has 0 aliphatic carbocycles. The third-order valence-electron chi connectivity index (χ3n) is 4.30. The van der Waals surface area contributed by atoms with E-state index >= 15 is 0 Å². The SMILES string of the molecule is CC(=O)N(CCCc1ccccc1)CCNS(=O)(=O)c1ccc(F)c(C)c1. The van der Waals surface area contributed by atoms with E-state index in [2.05, 4.69) is 4.72 Å². The average molecular weight is 392 g/mol. The summed E-state index contributed by atoms with van der Waals surface area (Å²) < 4.78 is 40.4. The topological polar surface area (TPSA) is 66.5 Å². The maximum Gasteiger partial charge on any atom is 0.240 e. The predicted molar refractivity (Wildman–Crippen MR) is 103 cm³/mol. The van der Waals surface area contributed by atoms with Crippen molar-refractivity contribution < 1.29 is 17.6 Å². The molecule has 2 aromatic rings. The van der Waals surface area contributed by atoms with E-state index in [4.69, 9.17) is 0 Å². The van der Waals surface area contributed by atoms with Crippen molar-refractivity contribution in [2.24, 2.45) is 0 Å². The van der Waals surface area contributed by atoms with E-state index in [1.54, 1.807) is 4.90 Å². The average Bonchev–Trinajstić information content (AvgIpc) is 2.63. The summed E-state index contributed by atoms with van der Waals surface area (Å²) in [5.74, 6) is -0.546. The van der Waals surface area contributed by atoms with E-state index in [0.29, 0.717) is 6.54 Å². The number of hydrogen-bond donors (Lipinski definition) is 1. The standard InChI is InChI=1S/C20H25FN2O3S/c1-16-15-19(10-11-20(16)21)27(25,26)22-12-14-23(17(2)24)13-6-9-18-7-4-3-5-8-18/h3-5,7-8,10-11,15,22H,6,9,12-14H2,1-2H3. The van der Waals surface area contributed by atoms with Gasteiger partial charge in [0.15, 0.2) is 0 Å².